The van der Waals surface area contributed by atoms with Crippen molar-refractivity contribution < 1.29 is 13.6 Å². The number of carbonyl (C=O) groups is 1. The van der Waals surface area contributed by atoms with Crippen LogP contribution in [0.5, 0.6) is 0 Å². The molecule has 0 radical (unpaired) electrons. The maximum atomic E-state index is 13.4. The van der Waals surface area contributed by atoms with E-state index in [0.717, 1.165) is 17.9 Å². The van der Waals surface area contributed by atoms with Gasteiger partial charge in [0.1, 0.15) is 6.29 Å². The summed E-state index contributed by atoms with van der Waals surface area (Å²) in [5, 5.41) is 0. The van der Waals surface area contributed by atoms with E-state index in [0.29, 0.717) is 17.6 Å². The lowest BCUT2D eigenvalue weighted by Crippen LogP contribution is -2.19. The first-order chi connectivity index (χ1) is 9.28. The molecule has 0 saturated carbocycles. The van der Waals surface area contributed by atoms with Gasteiger partial charge in [0, 0.05) is 5.41 Å². The summed E-state index contributed by atoms with van der Waals surface area (Å²) < 4.78 is 26.5. The van der Waals surface area contributed by atoms with Crippen LogP contribution in [0.25, 0.3) is 0 Å². The summed E-state index contributed by atoms with van der Waals surface area (Å²) in [7, 11) is 0. The monoisotopic (exact) mass is 278 g/mol. The lowest BCUT2D eigenvalue weighted by atomic mass is 9.77. The Hall–Kier alpha value is -1.77. The highest BCUT2D eigenvalue weighted by atomic mass is 19.2. The van der Waals surface area contributed by atoms with Gasteiger partial charge < -0.3 is 0 Å². The maximum Gasteiger partial charge on any atom is 0.159 e. The van der Waals surface area contributed by atoms with Gasteiger partial charge in [-0.2, -0.15) is 0 Å². The second kappa shape index (κ2) is 6.60. The second-order valence-corrected chi connectivity index (χ2v) is 5.54. The minimum atomic E-state index is -0.872. The Kier molecular flexibility index (Phi) is 5.37. The molecule has 1 aromatic rings. The van der Waals surface area contributed by atoms with Crippen molar-refractivity contribution in [2.45, 2.75) is 39.5 Å². The van der Waals surface area contributed by atoms with Crippen LogP contribution in [-0.4, -0.2) is 6.29 Å². The fraction of sp³-hybridized carbons (Fsp3) is 0.353. The molecule has 0 aliphatic heterocycles. The van der Waals surface area contributed by atoms with Gasteiger partial charge in [0.2, 0.25) is 0 Å². The average Bonchev–Trinajstić information content (AvgIpc) is 2.39. The highest BCUT2D eigenvalue weighted by Gasteiger charge is 2.24. The Bertz CT molecular complexity index is 554. The van der Waals surface area contributed by atoms with Crippen molar-refractivity contribution >= 4 is 6.29 Å². The lowest BCUT2D eigenvalue weighted by molar-refractivity contribution is -0.104. The van der Waals surface area contributed by atoms with Crippen molar-refractivity contribution in [2.24, 2.45) is 0 Å². The van der Waals surface area contributed by atoms with Gasteiger partial charge in [0.15, 0.2) is 11.6 Å². The first kappa shape index (κ1) is 16.3. The van der Waals surface area contributed by atoms with E-state index >= 15 is 0 Å². The second-order valence-electron chi connectivity index (χ2n) is 5.54. The van der Waals surface area contributed by atoms with Crippen LogP contribution in [0, 0.1) is 11.6 Å². The summed E-state index contributed by atoms with van der Waals surface area (Å²) >= 11 is 0. The third kappa shape index (κ3) is 4.12. The van der Waals surface area contributed by atoms with E-state index in [1.807, 2.05) is 26.8 Å². The van der Waals surface area contributed by atoms with Crippen LogP contribution in [0.1, 0.15) is 39.7 Å². The molecule has 0 fully saturated rings. The number of carbonyl (C=O) groups excluding carboxylic acids is 1. The van der Waals surface area contributed by atoms with E-state index in [4.69, 9.17) is 0 Å². The number of hydrogen-bond acceptors (Lipinski definition) is 1. The van der Waals surface area contributed by atoms with Gasteiger partial charge in [-0.3, -0.25) is 4.79 Å². The zero-order valence-electron chi connectivity index (χ0n) is 12.3. The highest BCUT2D eigenvalue weighted by Crippen LogP contribution is 2.32. The Morgan fingerprint density at radius 1 is 1.20 bits per heavy atom. The van der Waals surface area contributed by atoms with Gasteiger partial charge in [-0.05, 0) is 50.5 Å². The summed E-state index contributed by atoms with van der Waals surface area (Å²) in [6.07, 6.45) is 5.20. The molecule has 108 valence electrons. The van der Waals surface area contributed by atoms with Crippen molar-refractivity contribution in [3.8, 4) is 0 Å². The van der Waals surface area contributed by atoms with Gasteiger partial charge in [-0.15, -0.1) is 0 Å². The molecule has 0 aliphatic carbocycles. The molecule has 0 aliphatic rings. The molecule has 0 bridgehead atoms. The fourth-order valence-corrected chi connectivity index (χ4v) is 2.06. The van der Waals surface area contributed by atoms with E-state index in [1.54, 1.807) is 19.1 Å². The van der Waals surface area contributed by atoms with E-state index in [1.165, 1.54) is 6.07 Å². The van der Waals surface area contributed by atoms with Crippen LogP contribution in [0.2, 0.25) is 0 Å². The summed E-state index contributed by atoms with van der Waals surface area (Å²) in [5.41, 5.74) is 1.81. The predicted octanol–water partition coefficient (Wildman–Crippen LogP) is 4.72. The van der Waals surface area contributed by atoms with E-state index in [-0.39, 0.29) is 0 Å². The zero-order chi connectivity index (χ0) is 15.3. The summed E-state index contributed by atoms with van der Waals surface area (Å²) in [4.78, 5) is 10.9. The lowest BCUT2D eigenvalue weighted by Gasteiger charge is -2.26. The number of halogens is 2. The van der Waals surface area contributed by atoms with Crippen LogP contribution in [-0.2, 0) is 10.2 Å². The Morgan fingerprint density at radius 2 is 1.85 bits per heavy atom. The molecule has 1 rings (SSSR count). The first-order valence-electron chi connectivity index (χ1n) is 6.52. The molecule has 1 unspecified atom stereocenters. The van der Waals surface area contributed by atoms with Gasteiger partial charge in [-0.25, -0.2) is 8.78 Å². The minimum Gasteiger partial charge on any atom is -0.298 e. The third-order valence-corrected chi connectivity index (χ3v) is 3.25. The molecule has 0 amide bonds. The Morgan fingerprint density at radius 3 is 2.35 bits per heavy atom. The molecular weight excluding hydrogens is 258 g/mol. The smallest absolute Gasteiger partial charge is 0.159 e. The van der Waals surface area contributed by atoms with Crippen LogP contribution in [0.3, 0.4) is 0 Å². The molecule has 0 heterocycles. The van der Waals surface area contributed by atoms with Crippen molar-refractivity contribution in [1.82, 2.24) is 0 Å². The van der Waals surface area contributed by atoms with Crippen LogP contribution < -0.4 is 0 Å². The largest absolute Gasteiger partial charge is 0.298 e. The summed E-state index contributed by atoms with van der Waals surface area (Å²) in [6.45, 7) is 7.56. The molecule has 20 heavy (non-hydrogen) atoms. The van der Waals surface area contributed by atoms with Gasteiger partial charge >= 0.3 is 0 Å². The van der Waals surface area contributed by atoms with Gasteiger partial charge in [0.25, 0.3) is 0 Å². The molecule has 1 atom stereocenters. The topological polar surface area (TPSA) is 17.1 Å². The molecule has 0 saturated heterocycles. The predicted molar refractivity (Wildman–Crippen MR) is 77.6 cm³/mol. The number of allylic oxidation sites excluding steroid dienone is 4. The first-order valence-corrected chi connectivity index (χ1v) is 6.52. The van der Waals surface area contributed by atoms with Crippen molar-refractivity contribution in [2.75, 3.05) is 0 Å². The average molecular weight is 278 g/mol. The Balaban J connectivity index is 3.31. The van der Waals surface area contributed by atoms with Crippen LogP contribution in [0.4, 0.5) is 8.78 Å². The molecule has 0 aromatic heterocycles. The van der Waals surface area contributed by atoms with E-state index < -0.39 is 17.0 Å². The molecule has 3 heteroatoms. The van der Waals surface area contributed by atoms with Gasteiger partial charge in [0.05, 0.1) is 0 Å². The number of aldehydes is 1. The minimum absolute atomic E-state index is 0.545. The van der Waals surface area contributed by atoms with E-state index in [2.05, 4.69) is 0 Å². The van der Waals surface area contributed by atoms with Crippen LogP contribution in [0.15, 0.2) is 41.5 Å². The normalized spacial score (nSPS) is 14.6. The SMILES string of the molecule is CC(C)=CCC(C)(/C=C(\C)C=O)c1ccc(F)c(F)c1. The summed E-state index contributed by atoms with van der Waals surface area (Å²) in [5.74, 6) is -1.74. The highest BCUT2D eigenvalue weighted by molar-refractivity contribution is 5.72. The number of rotatable bonds is 5. The number of benzene rings is 1. The number of hydrogen-bond donors (Lipinski definition) is 0. The van der Waals surface area contributed by atoms with Crippen molar-refractivity contribution in [3.05, 3.63) is 58.7 Å². The van der Waals surface area contributed by atoms with Crippen molar-refractivity contribution in [3.63, 3.8) is 0 Å². The maximum absolute atomic E-state index is 13.4. The van der Waals surface area contributed by atoms with Crippen molar-refractivity contribution in [1.29, 1.82) is 0 Å². The standard InChI is InChI=1S/C17H20F2O/c1-12(2)7-8-17(4,10-13(3)11-20)14-5-6-15(18)16(19)9-14/h5-7,9-11H,8H2,1-4H3/b13-10+. The third-order valence-electron chi connectivity index (χ3n) is 3.25. The summed E-state index contributed by atoms with van der Waals surface area (Å²) in [6, 6.07) is 3.88. The molecule has 1 aromatic carbocycles. The van der Waals surface area contributed by atoms with Crippen LogP contribution >= 0.6 is 0 Å². The molecule has 0 N–H and O–H groups in total. The van der Waals surface area contributed by atoms with E-state index in [9.17, 15) is 13.6 Å². The Labute approximate surface area is 119 Å². The quantitative estimate of drug-likeness (QED) is 0.432. The molecule has 1 nitrogen and oxygen atoms in total. The molecular formula is C17H20F2O. The zero-order valence-corrected chi connectivity index (χ0v) is 12.3. The molecule has 0 spiro atoms. The fourth-order valence-electron chi connectivity index (χ4n) is 2.06. The van der Waals surface area contributed by atoms with Gasteiger partial charge in [-0.1, -0.05) is 30.7 Å².